The number of rotatable bonds is 10. The van der Waals surface area contributed by atoms with Crippen LogP contribution in [-0.4, -0.2) is 95.7 Å². The SMILES string of the molecule is CC(=O)OCc1c(-c2cc(Nc3ccc(N4CC(O)C4)cn3)c(=O)n(C)c2)ccnc1N1CCn2c(cc3c2CC(C)(C)C3)C1=O.Cn1cc(Br)cc(Nc2ccc(N3CC(O)C3)cn2)c1=O. The molecule has 4 N–H and O–H groups in total. The largest absolute Gasteiger partial charge is 0.461 e. The summed E-state index contributed by atoms with van der Waals surface area (Å²) in [6, 6.07) is 14.7. The fourth-order valence-corrected chi connectivity index (χ4v) is 9.56. The van der Waals surface area contributed by atoms with E-state index >= 15 is 0 Å². The molecule has 2 saturated heterocycles. The summed E-state index contributed by atoms with van der Waals surface area (Å²) in [5.74, 6) is 0.927. The highest BCUT2D eigenvalue weighted by molar-refractivity contribution is 9.10. The molecule has 0 atom stereocenters. The predicted molar refractivity (Wildman–Crippen MR) is 259 cm³/mol. The molecule has 0 bridgehead atoms. The van der Waals surface area contributed by atoms with Crippen LogP contribution in [0.5, 0.6) is 0 Å². The van der Waals surface area contributed by atoms with Crippen LogP contribution in [0.1, 0.15) is 48.1 Å². The van der Waals surface area contributed by atoms with E-state index in [-0.39, 0.29) is 41.3 Å². The lowest BCUT2D eigenvalue weighted by atomic mass is 9.90. The number of hydrogen-bond donors (Lipinski definition) is 4. The molecule has 0 saturated carbocycles. The van der Waals surface area contributed by atoms with E-state index in [1.807, 2.05) is 34.1 Å². The van der Waals surface area contributed by atoms with Gasteiger partial charge < -0.3 is 49.1 Å². The Balaban J connectivity index is 0.000000223. The maximum absolute atomic E-state index is 14.0. The molecule has 0 unspecified atom stereocenters. The van der Waals surface area contributed by atoms with Crippen molar-refractivity contribution >= 4 is 68.0 Å². The number of aromatic nitrogens is 6. The molecule has 1 aliphatic carbocycles. The molecule has 18 nitrogen and oxygen atoms in total. The van der Waals surface area contributed by atoms with Crippen LogP contribution in [0, 0.1) is 5.41 Å². The second kappa shape index (κ2) is 18.1. The van der Waals surface area contributed by atoms with Gasteiger partial charge in [0.2, 0.25) is 0 Å². The number of hydrogen-bond acceptors (Lipinski definition) is 14. The molecular weight excluding hydrogens is 923 g/mol. The van der Waals surface area contributed by atoms with E-state index < -0.39 is 5.97 Å². The Bertz CT molecular complexity index is 2990. The molecule has 10 rings (SSSR count). The van der Waals surface area contributed by atoms with E-state index in [1.54, 1.807) is 74.2 Å². The zero-order valence-corrected chi connectivity index (χ0v) is 39.4. The van der Waals surface area contributed by atoms with Crippen molar-refractivity contribution in [1.82, 2.24) is 28.7 Å². The highest BCUT2D eigenvalue weighted by Gasteiger charge is 2.38. The van der Waals surface area contributed by atoms with E-state index in [9.17, 15) is 29.4 Å². The molecule has 348 valence electrons. The first-order valence-electron chi connectivity index (χ1n) is 22.0. The van der Waals surface area contributed by atoms with Crippen molar-refractivity contribution in [2.24, 2.45) is 19.5 Å². The first-order valence-corrected chi connectivity index (χ1v) is 22.8. The predicted octanol–water partition coefficient (Wildman–Crippen LogP) is 4.88. The minimum atomic E-state index is -0.455. The van der Waals surface area contributed by atoms with Gasteiger partial charge in [-0.3, -0.25) is 24.1 Å². The van der Waals surface area contributed by atoms with Crippen LogP contribution < -0.4 is 36.5 Å². The number of β-amino-alcohol motifs (C(OH)–C–C–N with tert-alkyl or cyclic N) is 2. The molecule has 3 aliphatic heterocycles. The minimum Gasteiger partial charge on any atom is -0.461 e. The molecule has 6 aromatic heterocycles. The van der Waals surface area contributed by atoms with Crippen molar-refractivity contribution in [3.8, 4) is 11.1 Å². The number of aliphatic hydroxyl groups excluding tert-OH is 2. The smallest absolute Gasteiger partial charge is 0.302 e. The number of halogens is 1. The molecule has 0 aromatic carbocycles. The lowest BCUT2D eigenvalue weighted by Crippen LogP contribution is -2.50. The maximum atomic E-state index is 14.0. The molecule has 2 fully saturated rings. The molecule has 19 heteroatoms. The number of pyridine rings is 5. The summed E-state index contributed by atoms with van der Waals surface area (Å²) in [7, 11) is 3.36. The second-order valence-corrected chi connectivity index (χ2v) is 19.2. The first-order chi connectivity index (χ1) is 32.0. The van der Waals surface area contributed by atoms with Crippen LogP contribution in [-0.2, 0) is 49.6 Å². The molecule has 67 heavy (non-hydrogen) atoms. The van der Waals surface area contributed by atoms with Crippen molar-refractivity contribution in [2.45, 2.75) is 59.0 Å². The number of aliphatic hydroxyl groups is 2. The monoisotopic (exact) mass is 973 g/mol. The summed E-state index contributed by atoms with van der Waals surface area (Å²) < 4.78 is 11.4. The van der Waals surface area contributed by atoms with Crippen LogP contribution in [0.25, 0.3) is 11.1 Å². The summed E-state index contributed by atoms with van der Waals surface area (Å²) in [5, 5.41) is 25.1. The Morgan fingerprint density at radius 1 is 0.806 bits per heavy atom. The number of esters is 1. The van der Waals surface area contributed by atoms with Crippen LogP contribution in [0.3, 0.4) is 0 Å². The minimum absolute atomic E-state index is 0.0941. The lowest BCUT2D eigenvalue weighted by molar-refractivity contribution is -0.142. The maximum Gasteiger partial charge on any atom is 0.302 e. The number of carbonyl (C=O) groups excluding carboxylic acids is 2. The van der Waals surface area contributed by atoms with Crippen LogP contribution in [0.2, 0.25) is 0 Å². The van der Waals surface area contributed by atoms with Gasteiger partial charge in [0.05, 0.1) is 36.0 Å². The van der Waals surface area contributed by atoms with E-state index in [0.717, 1.165) is 28.7 Å². The van der Waals surface area contributed by atoms with Gasteiger partial charge in [-0.05, 0) is 93.8 Å². The third-order valence-corrected chi connectivity index (χ3v) is 12.9. The van der Waals surface area contributed by atoms with Crippen LogP contribution >= 0.6 is 15.9 Å². The number of amides is 1. The molecule has 1 amide bonds. The average molecular weight is 975 g/mol. The van der Waals surface area contributed by atoms with Gasteiger partial charge in [0.1, 0.15) is 41.1 Å². The zero-order chi connectivity index (χ0) is 47.3. The van der Waals surface area contributed by atoms with Gasteiger partial charge >= 0.3 is 5.97 Å². The van der Waals surface area contributed by atoms with E-state index in [1.165, 1.54) is 27.3 Å². The Kier molecular flexibility index (Phi) is 12.2. The van der Waals surface area contributed by atoms with E-state index in [0.29, 0.717) is 90.5 Å². The Hall–Kier alpha value is -6.83. The number of nitrogens with one attached hydrogen (secondary N) is 2. The lowest BCUT2D eigenvalue weighted by Gasteiger charge is -2.37. The quantitative estimate of drug-likeness (QED) is 0.135. The number of fused-ring (bicyclic) bond motifs is 3. The highest BCUT2D eigenvalue weighted by Crippen LogP contribution is 2.40. The van der Waals surface area contributed by atoms with Crippen LogP contribution in [0.15, 0.2) is 93.6 Å². The van der Waals surface area contributed by atoms with Gasteiger partial charge in [0, 0.05) is 100 Å². The van der Waals surface area contributed by atoms with Crippen LogP contribution in [0.4, 0.5) is 40.2 Å². The molecule has 9 heterocycles. The summed E-state index contributed by atoms with van der Waals surface area (Å²) in [6.45, 7) is 9.23. The number of aryl methyl sites for hydroxylation is 2. The summed E-state index contributed by atoms with van der Waals surface area (Å²) >= 11 is 3.36. The van der Waals surface area contributed by atoms with Crippen molar-refractivity contribution < 1.29 is 24.5 Å². The normalized spacial score (nSPS) is 16.4. The fourth-order valence-electron chi connectivity index (χ4n) is 9.02. The zero-order valence-electron chi connectivity index (χ0n) is 37.9. The van der Waals surface area contributed by atoms with Crippen molar-refractivity contribution in [3.05, 3.63) is 127 Å². The van der Waals surface area contributed by atoms with Crippen molar-refractivity contribution in [2.75, 3.05) is 58.1 Å². The van der Waals surface area contributed by atoms with Gasteiger partial charge in [0.15, 0.2) is 0 Å². The number of anilines is 7. The standard InChI is InChI=1S/C34H37N7O5.C14H15BrN4O2/c1-20(42)46-19-26-25(7-8-35-31(26)41-10-9-40-28(33(41)45)12-21-13-34(2,3)14-29(21)40)22-11-27(32(44)38(4)16-22)37-30-6-5-23(15-36-30)39-17-24(43)18-39;1-18-6-9(15)4-12(14(18)21)17-13-3-2-10(5-16-13)19-7-11(20)8-19/h5-8,11-12,15-16,24,43H,9-10,13-14,17-19H2,1-4H3,(H,36,37);2-6,11,20H,7-8H2,1H3,(H,16,17). The first kappa shape index (κ1) is 45.3. The Morgan fingerprint density at radius 3 is 1.97 bits per heavy atom. The molecular formula is C48H52BrN11O7. The Morgan fingerprint density at radius 2 is 1.40 bits per heavy atom. The third-order valence-electron chi connectivity index (χ3n) is 12.5. The number of carbonyl (C=O) groups is 2. The average Bonchev–Trinajstić information content (AvgIpc) is 3.77. The van der Waals surface area contributed by atoms with Crippen molar-refractivity contribution in [1.29, 1.82) is 0 Å². The molecule has 0 spiro atoms. The van der Waals surface area contributed by atoms with Gasteiger partial charge in [0.25, 0.3) is 17.0 Å². The van der Waals surface area contributed by atoms with Gasteiger partial charge in [-0.2, -0.15) is 0 Å². The van der Waals surface area contributed by atoms with Crippen molar-refractivity contribution in [3.63, 3.8) is 0 Å². The van der Waals surface area contributed by atoms with Gasteiger partial charge in [-0.1, -0.05) is 13.8 Å². The van der Waals surface area contributed by atoms with Gasteiger partial charge in [-0.15, -0.1) is 0 Å². The van der Waals surface area contributed by atoms with Gasteiger partial charge in [-0.25, -0.2) is 15.0 Å². The molecule has 6 aromatic rings. The fraction of sp³-hybridized carbons (Fsp3) is 0.354. The highest BCUT2D eigenvalue weighted by atomic mass is 79.9. The summed E-state index contributed by atoms with van der Waals surface area (Å²) in [4.78, 5) is 70.3. The number of nitrogens with zero attached hydrogens (tertiary/aromatic N) is 9. The topological polar surface area (TPSA) is 205 Å². The number of ether oxygens (including phenoxy) is 1. The summed E-state index contributed by atoms with van der Waals surface area (Å²) in [6.07, 6.45) is 9.80. The van der Waals surface area contributed by atoms with E-state index in [4.69, 9.17) is 4.74 Å². The third kappa shape index (κ3) is 9.43. The molecule has 0 radical (unpaired) electrons. The molecule has 4 aliphatic rings. The Labute approximate surface area is 394 Å². The summed E-state index contributed by atoms with van der Waals surface area (Å²) in [5.41, 5.74) is 7.49. The van der Waals surface area contributed by atoms with E-state index in [2.05, 4.69) is 59.9 Å². The second-order valence-electron chi connectivity index (χ2n) is 18.3.